The Labute approximate surface area is 166 Å². The van der Waals surface area contributed by atoms with Crippen molar-refractivity contribution in [3.8, 4) is 0 Å². The van der Waals surface area contributed by atoms with Crippen molar-refractivity contribution in [1.82, 2.24) is 14.2 Å². The molecule has 27 heavy (non-hydrogen) atoms. The van der Waals surface area contributed by atoms with Crippen LogP contribution in [0.15, 0.2) is 40.6 Å². The van der Waals surface area contributed by atoms with Gasteiger partial charge in [0.2, 0.25) is 10.0 Å². The molecule has 1 aromatic carbocycles. The number of thiazole rings is 1. The Balaban J connectivity index is 1.57. The van der Waals surface area contributed by atoms with E-state index in [1.54, 1.807) is 23.8 Å². The summed E-state index contributed by atoms with van der Waals surface area (Å²) in [7, 11) is -1.93. The molecule has 6 nitrogen and oxygen atoms in total. The molecule has 4 rings (SSSR count). The van der Waals surface area contributed by atoms with Crippen LogP contribution < -0.4 is 0 Å². The van der Waals surface area contributed by atoms with Crippen molar-refractivity contribution in [1.29, 1.82) is 0 Å². The molecule has 0 atom stereocenters. The van der Waals surface area contributed by atoms with E-state index < -0.39 is 10.0 Å². The molecule has 1 fully saturated rings. The monoisotopic (exact) mass is 421 g/mol. The van der Waals surface area contributed by atoms with Gasteiger partial charge in [-0.3, -0.25) is 4.79 Å². The summed E-state index contributed by atoms with van der Waals surface area (Å²) in [4.78, 5) is 19.4. The molecule has 1 aliphatic rings. The van der Waals surface area contributed by atoms with E-state index in [1.807, 2.05) is 24.3 Å². The highest BCUT2D eigenvalue weighted by atomic mass is 32.2. The van der Waals surface area contributed by atoms with Gasteiger partial charge in [-0.05, 0) is 36.4 Å². The van der Waals surface area contributed by atoms with E-state index in [1.165, 1.54) is 26.6 Å². The van der Waals surface area contributed by atoms with E-state index in [0.717, 1.165) is 28.1 Å². The summed E-state index contributed by atoms with van der Waals surface area (Å²) in [5.41, 5.74) is 0.909. The fourth-order valence-corrected chi connectivity index (χ4v) is 7.09. The molecule has 3 aromatic rings. The van der Waals surface area contributed by atoms with Gasteiger partial charge >= 0.3 is 0 Å². The second-order valence-corrected chi connectivity index (χ2v) is 10.4. The highest BCUT2D eigenvalue weighted by molar-refractivity contribution is 7.89. The molecule has 0 bridgehead atoms. The molecule has 9 heteroatoms. The van der Waals surface area contributed by atoms with Gasteiger partial charge in [-0.1, -0.05) is 12.1 Å². The van der Waals surface area contributed by atoms with Crippen molar-refractivity contribution < 1.29 is 13.2 Å². The van der Waals surface area contributed by atoms with Crippen molar-refractivity contribution in [2.45, 2.75) is 24.3 Å². The molecule has 3 heterocycles. The molecule has 0 N–H and O–H groups in total. The Morgan fingerprint density at radius 1 is 1.22 bits per heavy atom. The largest absolute Gasteiger partial charge is 0.334 e. The van der Waals surface area contributed by atoms with Crippen molar-refractivity contribution >= 4 is 48.8 Å². The van der Waals surface area contributed by atoms with Gasteiger partial charge in [-0.2, -0.15) is 4.31 Å². The molecule has 0 aliphatic carbocycles. The normalized spacial score (nSPS) is 15.4. The quantitative estimate of drug-likeness (QED) is 0.633. The number of aromatic nitrogens is 1. The number of hydrogen-bond acceptors (Lipinski definition) is 6. The maximum absolute atomic E-state index is 12.9. The summed E-state index contributed by atoms with van der Waals surface area (Å²) in [6, 6.07) is 9.37. The number of benzene rings is 1. The molecule has 142 valence electrons. The van der Waals surface area contributed by atoms with Crippen molar-refractivity contribution in [2.24, 2.45) is 0 Å². The third kappa shape index (κ3) is 3.52. The van der Waals surface area contributed by atoms with Gasteiger partial charge in [-0.15, -0.1) is 22.7 Å². The van der Waals surface area contributed by atoms with Gasteiger partial charge in [0.25, 0.3) is 5.91 Å². The number of carbonyl (C=O) groups is 1. The average Bonchev–Trinajstić information content (AvgIpc) is 3.39. The van der Waals surface area contributed by atoms with Crippen LogP contribution >= 0.6 is 22.7 Å². The summed E-state index contributed by atoms with van der Waals surface area (Å²) in [5.74, 6) is -0.290. The number of thiophene rings is 1. The number of nitrogens with zero attached hydrogens (tertiary/aromatic N) is 3. The fourth-order valence-electron chi connectivity index (χ4n) is 3.16. The van der Waals surface area contributed by atoms with Crippen LogP contribution in [0, 0.1) is 0 Å². The minimum Gasteiger partial charge on any atom is -0.334 e. The van der Waals surface area contributed by atoms with Crippen molar-refractivity contribution in [2.75, 3.05) is 20.1 Å². The fraction of sp³-hybridized carbons (Fsp3) is 0.333. The first-order valence-electron chi connectivity index (χ1n) is 8.64. The predicted octanol–water partition coefficient (Wildman–Crippen LogP) is 3.41. The second-order valence-electron chi connectivity index (χ2n) is 6.46. The van der Waals surface area contributed by atoms with Gasteiger partial charge in [0.1, 0.15) is 14.8 Å². The molecule has 1 amide bonds. The van der Waals surface area contributed by atoms with Crippen LogP contribution in [0.1, 0.15) is 27.5 Å². The Kier molecular flexibility index (Phi) is 5.02. The van der Waals surface area contributed by atoms with Crippen LogP contribution in [0.4, 0.5) is 0 Å². The van der Waals surface area contributed by atoms with Crippen LogP contribution in [0.2, 0.25) is 0 Å². The number of rotatable bonds is 5. The van der Waals surface area contributed by atoms with Crippen molar-refractivity contribution in [3.63, 3.8) is 0 Å². The summed E-state index contributed by atoms with van der Waals surface area (Å²) in [5, 5.41) is 2.49. The number of hydrogen-bond donors (Lipinski definition) is 0. The third-order valence-electron chi connectivity index (χ3n) is 4.56. The van der Waals surface area contributed by atoms with Crippen LogP contribution in [0.5, 0.6) is 0 Å². The highest BCUT2D eigenvalue weighted by Crippen LogP contribution is 2.29. The molecular formula is C18H19N3O3S3. The third-order valence-corrected chi connectivity index (χ3v) is 8.56. The minimum atomic E-state index is -3.61. The molecule has 0 unspecified atom stereocenters. The molecule has 0 spiro atoms. The van der Waals surface area contributed by atoms with E-state index >= 15 is 0 Å². The number of sulfonamides is 1. The van der Waals surface area contributed by atoms with E-state index in [0.29, 0.717) is 19.6 Å². The Morgan fingerprint density at radius 2 is 1.96 bits per heavy atom. The first-order valence-corrected chi connectivity index (χ1v) is 11.8. The molecular weight excluding hydrogens is 402 g/mol. The summed E-state index contributed by atoms with van der Waals surface area (Å²) < 4.78 is 28.3. The van der Waals surface area contributed by atoms with Gasteiger partial charge in [0, 0.05) is 20.1 Å². The number of carbonyl (C=O) groups excluding carboxylic acids is 1. The lowest BCUT2D eigenvalue weighted by molar-refractivity contribution is 0.0786. The van der Waals surface area contributed by atoms with Crippen LogP contribution in [0.25, 0.3) is 10.2 Å². The Morgan fingerprint density at radius 3 is 2.70 bits per heavy atom. The lowest BCUT2D eigenvalue weighted by Crippen LogP contribution is -2.31. The summed E-state index contributed by atoms with van der Waals surface area (Å²) in [6.07, 6.45) is 1.73. The standard InChI is InChI=1S/C18H19N3O3S3/c1-20(12-16-19-13-6-2-3-7-14(13)26-16)18(22)17-15(8-11-25-17)27(23,24)21-9-4-5-10-21/h2-3,6-8,11H,4-5,9-10,12H2,1H3. The first-order chi connectivity index (χ1) is 13.0. The average molecular weight is 422 g/mol. The zero-order valence-electron chi connectivity index (χ0n) is 14.8. The number of fused-ring (bicyclic) bond motifs is 1. The van der Waals surface area contributed by atoms with Gasteiger partial charge in [0.15, 0.2) is 0 Å². The van der Waals surface area contributed by atoms with Gasteiger partial charge in [-0.25, -0.2) is 13.4 Å². The van der Waals surface area contributed by atoms with Crippen molar-refractivity contribution in [3.05, 3.63) is 45.6 Å². The van der Waals surface area contributed by atoms with Gasteiger partial charge < -0.3 is 4.90 Å². The molecule has 1 saturated heterocycles. The maximum Gasteiger partial charge on any atom is 0.265 e. The SMILES string of the molecule is CN(Cc1nc2ccccc2s1)C(=O)c1sccc1S(=O)(=O)N1CCCC1. The van der Waals surface area contributed by atoms with E-state index in [9.17, 15) is 13.2 Å². The molecule has 0 saturated carbocycles. The summed E-state index contributed by atoms with van der Waals surface area (Å²) in [6.45, 7) is 1.39. The lowest BCUT2D eigenvalue weighted by atomic mass is 10.3. The first kappa shape index (κ1) is 18.5. The maximum atomic E-state index is 12.9. The second kappa shape index (κ2) is 7.31. The summed E-state index contributed by atoms with van der Waals surface area (Å²) >= 11 is 2.72. The van der Waals surface area contributed by atoms with Crippen LogP contribution in [-0.4, -0.2) is 48.7 Å². The zero-order chi connectivity index (χ0) is 19.0. The predicted molar refractivity (Wildman–Crippen MR) is 108 cm³/mol. The smallest absolute Gasteiger partial charge is 0.265 e. The van der Waals surface area contributed by atoms with E-state index in [-0.39, 0.29) is 15.7 Å². The molecule has 2 aromatic heterocycles. The van der Waals surface area contributed by atoms with E-state index in [2.05, 4.69) is 4.98 Å². The zero-order valence-corrected chi connectivity index (χ0v) is 17.2. The Hall–Kier alpha value is -1.81. The topological polar surface area (TPSA) is 70.6 Å². The lowest BCUT2D eigenvalue weighted by Gasteiger charge is -2.18. The highest BCUT2D eigenvalue weighted by Gasteiger charge is 2.32. The molecule has 0 radical (unpaired) electrons. The number of amides is 1. The van der Waals surface area contributed by atoms with E-state index in [4.69, 9.17) is 0 Å². The minimum absolute atomic E-state index is 0.121. The molecule has 1 aliphatic heterocycles. The number of para-hydroxylation sites is 1. The Bertz CT molecular complexity index is 1050. The van der Waals surface area contributed by atoms with Crippen LogP contribution in [-0.2, 0) is 16.6 Å². The van der Waals surface area contributed by atoms with Gasteiger partial charge in [0.05, 0.1) is 16.8 Å². The van der Waals surface area contributed by atoms with Crippen LogP contribution in [0.3, 0.4) is 0 Å².